The fraction of sp³-hybridized carbons (Fsp3) is 0.167. The summed E-state index contributed by atoms with van der Waals surface area (Å²) in [5.41, 5.74) is 0.257. The van der Waals surface area contributed by atoms with Crippen LogP contribution in [0.1, 0.15) is 39.0 Å². The van der Waals surface area contributed by atoms with Crippen molar-refractivity contribution < 1.29 is 14.7 Å². The third-order valence-corrected chi connectivity index (χ3v) is 3.88. The van der Waals surface area contributed by atoms with Gasteiger partial charge in [-0.1, -0.05) is 6.07 Å². The summed E-state index contributed by atoms with van der Waals surface area (Å²) in [6.07, 6.45) is 0. The Balaban J connectivity index is 2.08. The Morgan fingerprint density at radius 3 is 2.70 bits per heavy atom. The molecule has 0 radical (unpaired) electrons. The molecule has 1 unspecified atom stereocenters. The van der Waals surface area contributed by atoms with E-state index in [2.05, 4.69) is 31.2 Å². The van der Waals surface area contributed by atoms with E-state index in [9.17, 15) is 9.59 Å². The predicted octanol–water partition coefficient (Wildman–Crippen LogP) is 2.49. The van der Waals surface area contributed by atoms with Crippen molar-refractivity contribution in [3.63, 3.8) is 0 Å². The zero-order chi connectivity index (χ0) is 14.7. The lowest BCUT2D eigenvalue weighted by molar-refractivity contribution is 0.0691. The number of nitrogens with one attached hydrogen (secondary N) is 1. The number of rotatable bonds is 4. The standard InChI is InChI=1S/C12H10BrN3O3S/c1-6(11-16-8(5-20-11)12(18)19)14-10(17)7-3-2-4-9(13)15-7/h2-6H,1H3,(H,14,17)(H,18,19). The zero-order valence-corrected chi connectivity index (χ0v) is 12.7. The molecule has 2 rings (SSSR count). The molecule has 0 spiro atoms. The largest absolute Gasteiger partial charge is 0.476 e. The van der Waals surface area contributed by atoms with E-state index in [0.29, 0.717) is 9.61 Å². The van der Waals surface area contributed by atoms with Crippen LogP contribution in [0.4, 0.5) is 0 Å². The Bertz CT molecular complexity index is 659. The number of carboxylic acid groups (broad SMARTS) is 1. The first-order valence-corrected chi connectivity index (χ1v) is 7.27. The molecule has 2 aromatic heterocycles. The molecule has 0 aliphatic heterocycles. The minimum Gasteiger partial charge on any atom is -0.476 e. The Morgan fingerprint density at radius 2 is 2.10 bits per heavy atom. The van der Waals surface area contributed by atoms with Crippen molar-refractivity contribution in [3.8, 4) is 0 Å². The number of aromatic carboxylic acids is 1. The number of halogens is 1. The van der Waals surface area contributed by atoms with Crippen molar-refractivity contribution in [2.45, 2.75) is 13.0 Å². The van der Waals surface area contributed by atoms with E-state index in [1.54, 1.807) is 25.1 Å². The van der Waals surface area contributed by atoms with Crippen LogP contribution >= 0.6 is 27.3 Å². The maximum Gasteiger partial charge on any atom is 0.355 e. The molecule has 0 saturated carbocycles. The monoisotopic (exact) mass is 355 g/mol. The van der Waals surface area contributed by atoms with Gasteiger partial charge in [0.25, 0.3) is 5.91 Å². The fourth-order valence-electron chi connectivity index (χ4n) is 1.45. The summed E-state index contributed by atoms with van der Waals surface area (Å²) < 4.78 is 0.570. The molecule has 20 heavy (non-hydrogen) atoms. The summed E-state index contributed by atoms with van der Waals surface area (Å²) in [5, 5.41) is 13.5. The van der Waals surface area contributed by atoms with Crippen molar-refractivity contribution in [3.05, 3.63) is 44.6 Å². The SMILES string of the molecule is CC(NC(=O)c1cccc(Br)n1)c1nc(C(=O)O)cs1. The number of nitrogens with zero attached hydrogens (tertiary/aromatic N) is 2. The Hall–Kier alpha value is -1.80. The molecule has 6 nitrogen and oxygen atoms in total. The average molecular weight is 356 g/mol. The molecule has 2 N–H and O–H groups in total. The maximum atomic E-state index is 12.0. The van der Waals surface area contributed by atoms with Crippen molar-refractivity contribution in [2.75, 3.05) is 0 Å². The van der Waals surface area contributed by atoms with E-state index in [0.717, 1.165) is 0 Å². The third-order valence-electron chi connectivity index (χ3n) is 2.41. The Kier molecular flexibility index (Phi) is 4.46. The molecule has 8 heteroatoms. The first-order chi connectivity index (χ1) is 9.47. The highest BCUT2D eigenvalue weighted by Gasteiger charge is 2.17. The predicted molar refractivity (Wildman–Crippen MR) is 76.9 cm³/mol. The van der Waals surface area contributed by atoms with Gasteiger partial charge in [0, 0.05) is 5.38 Å². The summed E-state index contributed by atoms with van der Waals surface area (Å²) in [7, 11) is 0. The molecule has 104 valence electrons. The minimum atomic E-state index is -1.08. The maximum absolute atomic E-state index is 12.0. The van der Waals surface area contributed by atoms with Gasteiger partial charge in [-0.2, -0.15) is 0 Å². The highest BCUT2D eigenvalue weighted by molar-refractivity contribution is 9.10. The van der Waals surface area contributed by atoms with Gasteiger partial charge in [-0.25, -0.2) is 14.8 Å². The van der Waals surface area contributed by atoms with E-state index in [4.69, 9.17) is 5.11 Å². The van der Waals surface area contributed by atoms with Gasteiger partial charge < -0.3 is 10.4 Å². The molecule has 2 aromatic rings. The number of thiazole rings is 1. The summed E-state index contributed by atoms with van der Waals surface area (Å²) in [5.74, 6) is -1.43. The summed E-state index contributed by atoms with van der Waals surface area (Å²) in [6, 6.07) is 4.64. The van der Waals surface area contributed by atoms with Crippen LogP contribution in [0, 0.1) is 0 Å². The molecular weight excluding hydrogens is 346 g/mol. The molecule has 0 bridgehead atoms. The number of amides is 1. The van der Waals surface area contributed by atoms with Crippen molar-refractivity contribution in [1.29, 1.82) is 0 Å². The molecule has 2 heterocycles. The first kappa shape index (κ1) is 14.6. The molecule has 0 fully saturated rings. The second kappa shape index (κ2) is 6.10. The van der Waals surface area contributed by atoms with Crippen LogP contribution in [-0.4, -0.2) is 27.0 Å². The van der Waals surface area contributed by atoms with Crippen molar-refractivity contribution in [1.82, 2.24) is 15.3 Å². The highest BCUT2D eigenvalue weighted by Crippen LogP contribution is 2.18. The van der Waals surface area contributed by atoms with E-state index < -0.39 is 5.97 Å². The molecule has 0 saturated heterocycles. The van der Waals surface area contributed by atoms with Crippen molar-refractivity contribution in [2.24, 2.45) is 0 Å². The number of hydrogen-bond acceptors (Lipinski definition) is 5. The molecular formula is C12H10BrN3O3S. The zero-order valence-electron chi connectivity index (χ0n) is 10.3. The first-order valence-electron chi connectivity index (χ1n) is 5.59. The van der Waals surface area contributed by atoms with Crippen LogP contribution in [0.5, 0.6) is 0 Å². The van der Waals surface area contributed by atoms with Crippen LogP contribution in [0.2, 0.25) is 0 Å². The number of pyridine rings is 1. The third kappa shape index (κ3) is 3.40. The second-order valence-electron chi connectivity index (χ2n) is 3.92. The van der Waals surface area contributed by atoms with Gasteiger partial charge >= 0.3 is 5.97 Å². The van der Waals surface area contributed by atoms with Gasteiger partial charge in [0.15, 0.2) is 5.69 Å². The van der Waals surface area contributed by atoms with Gasteiger partial charge in [-0.3, -0.25) is 4.79 Å². The molecule has 0 aliphatic rings. The summed E-state index contributed by atoms with van der Waals surface area (Å²) in [6.45, 7) is 1.74. The van der Waals surface area contributed by atoms with Gasteiger partial charge in [0.2, 0.25) is 0 Å². The van der Waals surface area contributed by atoms with Gasteiger partial charge in [0.1, 0.15) is 15.3 Å². The lowest BCUT2D eigenvalue weighted by Gasteiger charge is -2.10. The molecule has 0 aliphatic carbocycles. The van der Waals surface area contributed by atoms with Crippen LogP contribution in [-0.2, 0) is 0 Å². The molecule has 1 amide bonds. The lowest BCUT2D eigenvalue weighted by atomic mass is 10.3. The Morgan fingerprint density at radius 1 is 1.35 bits per heavy atom. The summed E-state index contributed by atoms with van der Waals surface area (Å²) in [4.78, 5) is 30.7. The molecule has 1 atom stereocenters. The number of hydrogen-bond donors (Lipinski definition) is 2. The fourth-order valence-corrected chi connectivity index (χ4v) is 2.60. The number of carbonyl (C=O) groups excluding carboxylic acids is 1. The highest BCUT2D eigenvalue weighted by atomic mass is 79.9. The van der Waals surface area contributed by atoms with Crippen LogP contribution in [0.3, 0.4) is 0 Å². The van der Waals surface area contributed by atoms with Crippen LogP contribution < -0.4 is 5.32 Å². The van der Waals surface area contributed by atoms with E-state index in [1.807, 2.05) is 0 Å². The van der Waals surface area contributed by atoms with E-state index in [-0.39, 0.29) is 23.3 Å². The van der Waals surface area contributed by atoms with E-state index >= 15 is 0 Å². The smallest absolute Gasteiger partial charge is 0.355 e. The van der Waals surface area contributed by atoms with Crippen LogP contribution in [0.25, 0.3) is 0 Å². The quantitative estimate of drug-likeness (QED) is 0.822. The topological polar surface area (TPSA) is 92.2 Å². The number of carboxylic acids is 1. The van der Waals surface area contributed by atoms with Crippen LogP contribution in [0.15, 0.2) is 28.2 Å². The second-order valence-corrected chi connectivity index (χ2v) is 5.62. The average Bonchev–Trinajstić information content (AvgIpc) is 2.88. The van der Waals surface area contributed by atoms with E-state index in [1.165, 1.54) is 16.7 Å². The van der Waals surface area contributed by atoms with Gasteiger partial charge in [-0.05, 0) is 35.0 Å². The minimum absolute atomic E-state index is 0.0216. The molecule has 0 aromatic carbocycles. The normalized spacial score (nSPS) is 11.9. The Labute approximate surface area is 127 Å². The van der Waals surface area contributed by atoms with Gasteiger partial charge in [0.05, 0.1) is 6.04 Å². The summed E-state index contributed by atoms with van der Waals surface area (Å²) >= 11 is 4.38. The lowest BCUT2D eigenvalue weighted by Crippen LogP contribution is -2.27. The van der Waals surface area contributed by atoms with Gasteiger partial charge in [-0.15, -0.1) is 11.3 Å². The number of carbonyl (C=O) groups is 2. The van der Waals surface area contributed by atoms with Crippen molar-refractivity contribution >= 4 is 39.1 Å². The number of aromatic nitrogens is 2.